The topological polar surface area (TPSA) is 63.7 Å². The molecule has 1 saturated heterocycles. The normalized spacial score (nSPS) is 24.6. The van der Waals surface area contributed by atoms with Gasteiger partial charge in [0.05, 0.1) is 17.1 Å². The average molecular weight is 297 g/mol. The number of ketones is 1. The summed E-state index contributed by atoms with van der Waals surface area (Å²) in [6.45, 7) is 5.87. The van der Waals surface area contributed by atoms with Gasteiger partial charge in [0.15, 0.2) is 5.78 Å². The molecule has 2 atom stereocenters. The maximum atomic E-state index is 12.5. The van der Waals surface area contributed by atoms with E-state index < -0.39 is 10.0 Å². The third kappa shape index (κ3) is 3.08. The largest absolute Gasteiger partial charge is 0.373 e. The lowest BCUT2D eigenvalue weighted by Gasteiger charge is -2.34. The number of hydrogen-bond donors (Lipinski definition) is 0. The van der Waals surface area contributed by atoms with Crippen molar-refractivity contribution in [2.45, 2.75) is 37.9 Å². The summed E-state index contributed by atoms with van der Waals surface area (Å²) in [6.07, 6.45) is -0.241. The SMILES string of the molecule is CC(=O)c1ccc(S(=O)(=O)N2CC(C)OC(C)C2)cc1. The Labute approximate surface area is 119 Å². The molecule has 6 heteroatoms. The van der Waals surface area contributed by atoms with Gasteiger partial charge in [0, 0.05) is 18.7 Å². The molecule has 1 fully saturated rings. The van der Waals surface area contributed by atoms with E-state index >= 15 is 0 Å². The molecule has 0 radical (unpaired) electrons. The van der Waals surface area contributed by atoms with Crippen LogP contribution in [0.3, 0.4) is 0 Å². The minimum Gasteiger partial charge on any atom is -0.373 e. The van der Waals surface area contributed by atoms with E-state index in [1.807, 2.05) is 13.8 Å². The fraction of sp³-hybridized carbons (Fsp3) is 0.500. The second kappa shape index (κ2) is 5.63. The summed E-state index contributed by atoms with van der Waals surface area (Å²) in [5.74, 6) is -0.0810. The standard InChI is InChI=1S/C14H19NO4S/c1-10-8-15(9-11(2)19-10)20(17,18)14-6-4-13(5-7-14)12(3)16/h4-7,10-11H,8-9H2,1-3H3. The molecule has 5 nitrogen and oxygen atoms in total. The monoisotopic (exact) mass is 297 g/mol. The van der Waals surface area contributed by atoms with E-state index in [4.69, 9.17) is 4.74 Å². The maximum Gasteiger partial charge on any atom is 0.243 e. The minimum atomic E-state index is -3.53. The number of morpholine rings is 1. The van der Waals surface area contributed by atoms with Gasteiger partial charge < -0.3 is 4.74 Å². The van der Waals surface area contributed by atoms with Gasteiger partial charge in [0.1, 0.15) is 0 Å². The Morgan fingerprint density at radius 3 is 2.10 bits per heavy atom. The number of sulfonamides is 1. The average Bonchev–Trinajstić information content (AvgIpc) is 2.37. The second-order valence-electron chi connectivity index (χ2n) is 5.16. The van der Waals surface area contributed by atoms with Crippen LogP contribution in [0.1, 0.15) is 31.1 Å². The molecule has 2 unspecified atom stereocenters. The Balaban J connectivity index is 2.27. The summed E-state index contributed by atoms with van der Waals surface area (Å²) in [7, 11) is -3.53. The lowest BCUT2D eigenvalue weighted by molar-refractivity contribution is -0.0440. The van der Waals surface area contributed by atoms with Crippen LogP contribution in [-0.4, -0.2) is 43.8 Å². The lowest BCUT2D eigenvalue weighted by Crippen LogP contribution is -2.48. The highest BCUT2D eigenvalue weighted by atomic mass is 32.2. The van der Waals surface area contributed by atoms with Crippen molar-refractivity contribution in [2.24, 2.45) is 0 Å². The van der Waals surface area contributed by atoms with Crippen LogP contribution < -0.4 is 0 Å². The third-order valence-electron chi connectivity index (χ3n) is 3.28. The van der Waals surface area contributed by atoms with E-state index in [0.29, 0.717) is 18.7 Å². The van der Waals surface area contributed by atoms with Crippen LogP contribution in [0.5, 0.6) is 0 Å². The molecule has 0 aromatic heterocycles. The number of carbonyl (C=O) groups excluding carboxylic acids is 1. The van der Waals surface area contributed by atoms with E-state index in [1.54, 1.807) is 12.1 Å². The number of nitrogens with zero attached hydrogens (tertiary/aromatic N) is 1. The second-order valence-corrected chi connectivity index (χ2v) is 7.10. The van der Waals surface area contributed by atoms with E-state index in [0.717, 1.165) is 0 Å². The zero-order chi connectivity index (χ0) is 14.9. The molecule has 0 aliphatic carbocycles. The van der Waals surface area contributed by atoms with Crippen LogP contribution in [0.15, 0.2) is 29.2 Å². The number of carbonyl (C=O) groups is 1. The van der Waals surface area contributed by atoms with Gasteiger partial charge in [-0.25, -0.2) is 8.42 Å². The number of hydrogen-bond acceptors (Lipinski definition) is 4. The van der Waals surface area contributed by atoms with Crippen LogP contribution in [0.2, 0.25) is 0 Å². The van der Waals surface area contributed by atoms with Gasteiger partial charge in [-0.15, -0.1) is 0 Å². The molecular weight excluding hydrogens is 278 g/mol. The molecule has 2 rings (SSSR count). The Morgan fingerprint density at radius 2 is 1.65 bits per heavy atom. The van der Waals surface area contributed by atoms with Crippen LogP contribution >= 0.6 is 0 Å². The highest BCUT2D eigenvalue weighted by Crippen LogP contribution is 2.21. The highest BCUT2D eigenvalue weighted by Gasteiger charge is 2.32. The van der Waals surface area contributed by atoms with Gasteiger partial charge in [0.25, 0.3) is 0 Å². The van der Waals surface area contributed by atoms with Crippen molar-refractivity contribution in [3.05, 3.63) is 29.8 Å². The van der Waals surface area contributed by atoms with Crippen LogP contribution in [-0.2, 0) is 14.8 Å². The van der Waals surface area contributed by atoms with Crippen molar-refractivity contribution in [2.75, 3.05) is 13.1 Å². The van der Waals surface area contributed by atoms with Crippen molar-refractivity contribution in [1.29, 1.82) is 0 Å². The molecule has 1 aliphatic rings. The van der Waals surface area contributed by atoms with Gasteiger partial charge >= 0.3 is 0 Å². The van der Waals surface area contributed by atoms with E-state index in [9.17, 15) is 13.2 Å². The summed E-state index contributed by atoms with van der Waals surface area (Å²) in [5, 5.41) is 0. The van der Waals surface area contributed by atoms with Gasteiger partial charge in [-0.2, -0.15) is 4.31 Å². The van der Waals surface area contributed by atoms with E-state index in [-0.39, 0.29) is 22.9 Å². The smallest absolute Gasteiger partial charge is 0.243 e. The first-order valence-electron chi connectivity index (χ1n) is 6.57. The lowest BCUT2D eigenvalue weighted by atomic mass is 10.2. The van der Waals surface area contributed by atoms with Gasteiger partial charge in [-0.05, 0) is 32.9 Å². The third-order valence-corrected chi connectivity index (χ3v) is 5.13. The van der Waals surface area contributed by atoms with Gasteiger partial charge in [0.2, 0.25) is 10.0 Å². The molecule has 1 heterocycles. The zero-order valence-corrected chi connectivity index (χ0v) is 12.7. The molecule has 0 amide bonds. The summed E-state index contributed by atoms with van der Waals surface area (Å²) in [4.78, 5) is 11.4. The first-order chi connectivity index (χ1) is 9.30. The Morgan fingerprint density at radius 1 is 1.15 bits per heavy atom. The summed E-state index contributed by atoms with van der Waals surface area (Å²) >= 11 is 0. The van der Waals surface area contributed by atoms with Crippen molar-refractivity contribution in [3.63, 3.8) is 0 Å². The molecule has 110 valence electrons. The number of rotatable bonds is 3. The van der Waals surface area contributed by atoms with Crippen LogP contribution in [0.25, 0.3) is 0 Å². The predicted octanol–water partition coefficient (Wildman–Crippen LogP) is 1.69. The number of ether oxygens (including phenoxy) is 1. The van der Waals surface area contributed by atoms with E-state index in [2.05, 4.69) is 0 Å². The Bertz CT molecular complexity index is 584. The molecule has 0 saturated carbocycles. The summed E-state index contributed by atoms with van der Waals surface area (Å²) in [5.41, 5.74) is 0.507. The molecule has 1 aromatic carbocycles. The Hall–Kier alpha value is -1.24. The minimum absolute atomic E-state index is 0.0810. The van der Waals surface area contributed by atoms with Crippen molar-refractivity contribution >= 4 is 15.8 Å². The molecule has 0 N–H and O–H groups in total. The fourth-order valence-corrected chi connectivity index (χ4v) is 3.93. The van der Waals surface area contributed by atoms with Crippen molar-refractivity contribution < 1.29 is 17.9 Å². The Kier molecular flexibility index (Phi) is 4.27. The first kappa shape index (κ1) is 15.2. The fourth-order valence-electron chi connectivity index (χ4n) is 2.34. The zero-order valence-electron chi connectivity index (χ0n) is 11.9. The molecule has 20 heavy (non-hydrogen) atoms. The quantitative estimate of drug-likeness (QED) is 0.796. The number of benzene rings is 1. The molecule has 1 aromatic rings. The van der Waals surface area contributed by atoms with E-state index in [1.165, 1.54) is 23.4 Å². The summed E-state index contributed by atoms with van der Waals surface area (Å²) in [6, 6.07) is 6.05. The van der Waals surface area contributed by atoms with Crippen molar-refractivity contribution in [1.82, 2.24) is 4.31 Å². The van der Waals surface area contributed by atoms with Crippen LogP contribution in [0.4, 0.5) is 0 Å². The highest BCUT2D eigenvalue weighted by molar-refractivity contribution is 7.89. The van der Waals surface area contributed by atoms with Crippen molar-refractivity contribution in [3.8, 4) is 0 Å². The first-order valence-corrected chi connectivity index (χ1v) is 8.01. The molecule has 0 bridgehead atoms. The predicted molar refractivity (Wildman–Crippen MR) is 75.2 cm³/mol. The number of Topliss-reactive ketones (excluding diaryl/α,β-unsaturated/α-hetero) is 1. The van der Waals surface area contributed by atoms with Gasteiger partial charge in [-0.1, -0.05) is 12.1 Å². The molecule has 1 aliphatic heterocycles. The molecule has 0 spiro atoms. The maximum absolute atomic E-state index is 12.5. The molecular formula is C14H19NO4S. The van der Waals surface area contributed by atoms with Gasteiger partial charge in [-0.3, -0.25) is 4.79 Å². The van der Waals surface area contributed by atoms with Crippen LogP contribution in [0, 0.1) is 0 Å². The summed E-state index contributed by atoms with van der Waals surface area (Å²) < 4.78 is 32.1.